The molecule has 0 aromatic carbocycles. The van der Waals surface area contributed by atoms with Crippen molar-refractivity contribution in [1.29, 1.82) is 0 Å². The van der Waals surface area contributed by atoms with Crippen LogP contribution >= 0.6 is 27.7 Å². The maximum atomic E-state index is 4.15. The van der Waals surface area contributed by atoms with Gasteiger partial charge in [-0.05, 0) is 11.5 Å². The quantitative estimate of drug-likeness (QED) is 0.473. The maximum Gasteiger partial charge on any atom is 0.116 e. The summed E-state index contributed by atoms with van der Waals surface area (Å²) in [7, 11) is 0. The molecule has 1 aromatic rings. The first-order valence-electron chi connectivity index (χ1n) is 4.09. The van der Waals surface area contributed by atoms with Crippen LogP contribution in [-0.2, 0) is 0 Å². The molecule has 1 rings (SSSR count). The van der Waals surface area contributed by atoms with Crippen molar-refractivity contribution in [3.8, 4) is 0 Å². The zero-order valence-electron chi connectivity index (χ0n) is 7.83. The molecule has 0 bridgehead atoms. The smallest absolute Gasteiger partial charge is 0.116 e. The van der Waals surface area contributed by atoms with E-state index in [4.69, 9.17) is 0 Å². The molecule has 0 amide bonds. The molecule has 4 heteroatoms. The molecule has 72 valence electrons. The number of thioether (sulfide) groups is 1. The highest BCUT2D eigenvalue weighted by molar-refractivity contribution is 9.09. The normalized spacial score (nSPS) is 11.6. The van der Waals surface area contributed by atoms with E-state index in [9.17, 15) is 0 Å². The predicted octanol–water partition coefficient (Wildman–Crippen LogP) is 2.99. The van der Waals surface area contributed by atoms with Crippen molar-refractivity contribution in [2.75, 3.05) is 11.1 Å². The summed E-state index contributed by atoms with van der Waals surface area (Å²) >= 11 is 5.27. The van der Waals surface area contributed by atoms with Gasteiger partial charge in [-0.15, -0.1) is 11.8 Å². The largest absolute Gasteiger partial charge is 0.245 e. The first-order valence-corrected chi connectivity index (χ1v) is 6.19. The van der Waals surface area contributed by atoms with Crippen LogP contribution in [0, 0.1) is 5.41 Å². The van der Waals surface area contributed by atoms with Gasteiger partial charge in [0.25, 0.3) is 0 Å². The van der Waals surface area contributed by atoms with Gasteiger partial charge in [0.15, 0.2) is 0 Å². The van der Waals surface area contributed by atoms with E-state index in [1.54, 1.807) is 24.3 Å². The Kier molecular flexibility index (Phi) is 4.19. The fourth-order valence-electron chi connectivity index (χ4n) is 0.672. The monoisotopic (exact) mass is 260 g/mol. The summed E-state index contributed by atoms with van der Waals surface area (Å²) in [6.45, 7) is 4.46. The first kappa shape index (κ1) is 11.0. The topological polar surface area (TPSA) is 25.8 Å². The minimum Gasteiger partial charge on any atom is -0.245 e. The Labute approximate surface area is 91.7 Å². The molecule has 0 aliphatic carbocycles. The van der Waals surface area contributed by atoms with Gasteiger partial charge < -0.3 is 0 Å². The Hall–Kier alpha value is -0.0900. The molecule has 0 spiro atoms. The van der Waals surface area contributed by atoms with Gasteiger partial charge in [-0.25, -0.2) is 9.97 Å². The van der Waals surface area contributed by atoms with E-state index in [1.165, 1.54) is 0 Å². The van der Waals surface area contributed by atoms with Crippen LogP contribution in [0.3, 0.4) is 0 Å². The molecule has 13 heavy (non-hydrogen) atoms. The number of alkyl halides is 1. The van der Waals surface area contributed by atoms with Gasteiger partial charge >= 0.3 is 0 Å². The lowest BCUT2D eigenvalue weighted by molar-refractivity contribution is 0.496. The maximum absolute atomic E-state index is 4.15. The average Bonchev–Trinajstić information content (AvgIpc) is 2.17. The van der Waals surface area contributed by atoms with Crippen molar-refractivity contribution >= 4 is 27.7 Å². The lowest BCUT2D eigenvalue weighted by atomic mass is 10.0. The fourth-order valence-corrected chi connectivity index (χ4v) is 2.05. The summed E-state index contributed by atoms with van der Waals surface area (Å²) < 4.78 is 0. The van der Waals surface area contributed by atoms with E-state index in [0.29, 0.717) is 5.41 Å². The number of halogens is 1. The van der Waals surface area contributed by atoms with Gasteiger partial charge in [0.2, 0.25) is 0 Å². The molecular formula is C9H13BrN2S. The van der Waals surface area contributed by atoms with Crippen LogP contribution in [0.5, 0.6) is 0 Å². The summed E-state index contributed by atoms with van der Waals surface area (Å²) in [5.74, 6) is 1.06. The van der Waals surface area contributed by atoms with E-state index < -0.39 is 0 Å². The molecule has 0 atom stereocenters. The molecule has 0 saturated heterocycles. The molecule has 0 unspecified atom stereocenters. The lowest BCUT2D eigenvalue weighted by Gasteiger charge is -2.20. The van der Waals surface area contributed by atoms with Crippen LogP contribution in [0.25, 0.3) is 0 Å². The van der Waals surface area contributed by atoms with Crippen LogP contribution in [0.1, 0.15) is 13.8 Å². The van der Waals surface area contributed by atoms with E-state index >= 15 is 0 Å². The summed E-state index contributed by atoms with van der Waals surface area (Å²) in [4.78, 5) is 8.03. The van der Waals surface area contributed by atoms with Gasteiger partial charge in [0.1, 0.15) is 6.33 Å². The number of hydrogen-bond donors (Lipinski definition) is 0. The van der Waals surface area contributed by atoms with E-state index in [0.717, 1.165) is 16.1 Å². The van der Waals surface area contributed by atoms with Crippen LogP contribution in [0.2, 0.25) is 0 Å². The summed E-state index contributed by atoms with van der Waals surface area (Å²) in [5.41, 5.74) is 0.315. The van der Waals surface area contributed by atoms with Crippen LogP contribution in [0.4, 0.5) is 0 Å². The van der Waals surface area contributed by atoms with Gasteiger partial charge in [0, 0.05) is 17.3 Å². The lowest BCUT2D eigenvalue weighted by Crippen LogP contribution is -2.16. The predicted molar refractivity (Wildman–Crippen MR) is 60.3 cm³/mol. The number of aromatic nitrogens is 2. The Balaban J connectivity index is 2.44. The standard InChI is InChI=1S/C9H13BrN2S/c1-9(2,5-10)6-13-8-3-4-11-7-12-8/h3-4,7H,5-6H2,1-2H3. The van der Waals surface area contributed by atoms with E-state index in [2.05, 4.69) is 39.7 Å². The third kappa shape index (κ3) is 4.09. The minimum atomic E-state index is 0.315. The molecule has 2 nitrogen and oxygen atoms in total. The minimum absolute atomic E-state index is 0.315. The van der Waals surface area contributed by atoms with Gasteiger partial charge in [-0.3, -0.25) is 0 Å². The second-order valence-electron chi connectivity index (χ2n) is 3.63. The van der Waals surface area contributed by atoms with Crippen molar-refractivity contribution in [2.45, 2.75) is 18.9 Å². The Morgan fingerprint density at radius 3 is 2.85 bits per heavy atom. The highest BCUT2D eigenvalue weighted by Crippen LogP contribution is 2.27. The van der Waals surface area contributed by atoms with Crippen molar-refractivity contribution in [3.05, 3.63) is 18.6 Å². The molecule has 0 aliphatic rings. The zero-order valence-corrected chi connectivity index (χ0v) is 10.2. The Morgan fingerprint density at radius 2 is 2.31 bits per heavy atom. The Morgan fingerprint density at radius 1 is 1.54 bits per heavy atom. The summed E-state index contributed by atoms with van der Waals surface area (Å²) in [5, 5.41) is 2.06. The highest BCUT2D eigenvalue weighted by atomic mass is 79.9. The van der Waals surface area contributed by atoms with Crippen LogP contribution in [-0.4, -0.2) is 21.1 Å². The third-order valence-electron chi connectivity index (χ3n) is 1.53. The third-order valence-corrected chi connectivity index (χ3v) is 4.51. The summed E-state index contributed by atoms with van der Waals surface area (Å²) in [6, 6.07) is 1.94. The number of rotatable bonds is 4. The first-order chi connectivity index (χ1) is 6.14. The van der Waals surface area contributed by atoms with Gasteiger partial charge in [-0.2, -0.15) is 0 Å². The molecule has 0 N–H and O–H groups in total. The number of nitrogens with zero attached hydrogens (tertiary/aromatic N) is 2. The van der Waals surface area contributed by atoms with Gasteiger partial charge in [-0.1, -0.05) is 29.8 Å². The molecule has 0 fully saturated rings. The molecule has 0 radical (unpaired) electrons. The Bertz CT molecular complexity index is 251. The summed E-state index contributed by atoms with van der Waals surface area (Å²) in [6.07, 6.45) is 3.36. The van der Waals surface area contributed by atoms with Crippen molar-refractivity contribution in [2.24, 2.45) is 5.41 Å². The highest BCUT2D eigenvalue weighted by Gasteiger charge is 2.16. The van der Waals surface area contributed by atoms with Gasteiger partial charge in [0.05, 0.1) is 5.03 Å². The van der Waals surface area contributed by atoms with E-state index in [-0.39, 0.29) is 0 Å². The average molecular weight is 261 g/mol. The SMILES string of the molecule is CC(C)(CBr)CSc1ccncn1. The van der Waals surface area contributed by atoms with Crippen LogP contribution < -0.4 is 0 Å². The zero-order chi connectivity index (χ0) is 9.73. The van der Waals surface area contributed by atoms with Crippen molar-refractivity contribution < 1.29 is 0 Å². The molecule has 0 aliphatic heterocycles. The van der Waals surface area contributed by atoms with Crippen LogP contribution in [0.15, 0.2) is 23.6 Å². The molecule has 1 aromatic heterocycles. The van der Waals surface area contributed by atoms with Crippen molar-refractivity contribution in [1.82, 2.24) is 9.97 Å². The number of hydrogen-bond acceptors (Lipinski definition) is 3. The second-order valence-corrected chi connectivity index (χ2v) is 5.19. The van der Waals surface area contributed by atoms with Crippen molar-refractivity contribution in [3.63, 3.8) is 0 Å². The molecule has 1 heterocycles. The van der Waals surface area contributed by atoms with E-state index in [1.807, 2.05) is 6.07 Å². The second kappa shape index (κ2) is 4.96. The fraction of sp³-hybridized carbons (Fsp3) is 0.556. The molecular weight excluding hydrogens is 248 g/mol. The molecule has 0 saturated carbocycles.